The monoisotopic (exact) mass is 295 g/mol. The van der Waals surface area contributed by atoms with E-state index in [1.54, 1.807) is 6.33 Å². The third-order valence-corrected chi connectivity index (χ3v) is 3.41. The SMILES string of the molecule is CC(=O)Nc1ccccc1-c1ncnc2c1ncn2C(C)C. The molecule has 2 aromatic heterocycles. The van der Waals surface area contributed by atoms with Crippen LogP contribution in [0.15, 0.2) is 36.9 Å². The van der Waals surface area contributed by atoms with Crippen molar-refractivity contribution >= 4 is 22.8 Å². The van der Waals surface area contributed by atoms with Gasteiger partial charge in [0.15, 0.2) is 5.65 Å². The van der Waals surface area contributed by atoms with Crippen molar-refractivity contribution in [3.63, 3.8) is 0 Å². The molecule has 6 heteroatoms. The summed E-state index contributed by atoms with van der Waals surface area (Å²) < 4.78 is 2.00. The lowest BCUT2D eigenvalue weighted by Crippen LogP contribution is -2.07. The van der Waals surface area contributed by atoms with Crippen molar-refractivity contribution in [3.05, 3.63) is 36.9 Å². The van der Waals surface area contributed by atoms with Gasteiger partial charge in [-0.15, -0.1) is 0 Å². The number of hydrogen-bond donors (Lipinski definition) is 1. The summed E-state index contributed by atoms with van der Waals surface area (Å²) in [5.41, 5.74) is 3.79. The van der Waals surface area contributed by atoms with Crippen molar-refractivity contribution < 1.29 is 4.79 Å². The number of rotatable bonds is 3. The lowest BCUT2D eigenvalue weighted by Gasteiger charge is -2.10. The van der Waals surface area contributed by atoms with Gasteiger partial charge in [-0.2, -0.15) is 0 Å². The highest BCUT2D eigenvalue weighted by Gasteiger charge is 2.15. The molecular weight excluding hydrogens is 278 g/mol. The zero-order valence-electron chi connectivity index (χ0n) is 12.7. The number of imidazole rings is 1. The number of para-hydroxylation sites is 1. The smallest absolute Gasteiger partial charge is 0.221 e. The van der Waals surface area contributed by atoms with Crippen LogP contribution >= 0.6 is 0 Å². The zero-order valence-corrected chi connectivity index (χ0v) is 12.7. The van der Waals surface area contributed by atoms with Crippen LogP contribution in [0.4, 0.5) is 5.69 Å². The van der Waals surface area contributed by atoms with Crippen LogP contribution < -0.4 is 5.32 Å². The maximum absolute atomic E-state index is 11.4. The molecule has 22 heavy (non-hydrogen) atoms. The maximum Gasteiger partial charge on any atom is 0.221 e. The van der Waals surface area contributed by atoms with Gasteiger partial charge >= 0.3 is 0 Å². The van der Waals surface area contributed by atoms with Gasteiger partial charge in [0.25, 0.3) is 0 Å². The number of anilines is 1. The Kier molecular flexibility index (Phi) is 3.58. The Bertz CT molecular complexity index is 837. The molecule has 0 atom stereocenters. The van der Waals surface area contributed by atoms with Gasteiger partial charge in [0.1, 0.15) is 17.5 Å². The molecule has 0 saturated heterocycles. The van der Waals surface area contributed by atoms with Crippen LogP contribution in [0.25, 0.3) is 22.4 Å². The first kappa shape index (κ1) is 14.2. The van der Waals surface area contributed by atoms with E-state index in [0.717, 1.165) is 16.7 Å². The van der Waals surface area contributed by atoms with Crippen molar-refractivity contribution in [2.75, 3.05) is 5.32 Å². The van der Waals surface area contributed by atoms with Gasteiger partial charge in [-0.1, -0.05) is 18.2 Å². The van der Waals surface area contributed by atoms with Crippen molar-refractivity contribution in [1.82, 2.24) is 19.5 Å². The van der Waals surface area contributed by atoms with Gasteiger partial charge in [-0.3, -0.25) is 4.79 Å². The fourth-order valence-corrected chi connectivity index (χ4v) is 2.42. The van der Waals surface area contributed by atoms with E-state index in [9.17, 15) is 4.79 Å². The third kappa shape index (κ3) is 2.43. The largest absolute Gasteiger partial charge is 0.326 e. The number of carbonyl (C=O) groups excluding carboxylic acids is 1. The number of nitrogens with zero attached hydrogens (tertiary/aromatic N) is 4. The molecule has 112 valence electrons. The Morgan fingerprint density at radius 1 is 1.18 bits per heavy atom. The van der Waals surface area contributed by atoms with E-state index in [2.05, 4.69) is 34.1 Å². The second-order valence-corrected chi connectivity index (χ2v) is 5.37. The van der Waals surface area contributed by atoms with Gasteiger partial charge in [0.05, 0.1) is 12.0 Å². The molecule has 2 heterocycles. The average molecular weight is 295 g/mol. The highest BCUT2D eigenvalue weighted by Crippen LogP contribution is 2.31. The van der Waals surface area contributed by atoms with Crippen LogP contribution in [-0.4, -0.2) is 25.4 Å². The molecule has 0 bridgehead atoms. The molecule has 3 rings (SSSR count). The topological polar surface area (TPSA) is 72.7 Å². The van der Waals surface area contributed by atoms with Crippen molar-refractivity contribution in [2.45, 2.75) is 26.8 Å². The Labute approximate surface area is 128 Å². The second-order valence-electron chi connectivity index (χ2n) is 5.37. The Hall–Kier alpha value is -2.76. The molecule has 1 amide bonds. The van der Waals surface area contributed by atoms with Crippen LogP contribution in [0.2, 0.25) is 0 Å². The first-order valence-corrected chi connectivity index (χ1v) is 7.12. The Morgan fingerprint density at radius 2 is 1.95 bits per heavy atom. The minimum absolute atomic E-state index is 0.120. The predicted octanol–water partition coefficient (Wildman–Crippen LogP) is 3.03. The number of hydrogen-bond acceptors (Lipinski definition) is 4. The minimum Gasteiger partial charge on any atom is -0.326 e. The molecule has 0 aliphatic rings. The first-order chi connectivity index (χ1) is 10.6. The highest BCUT2D eigenvalue weighted by atomic mass is 16.1. The van der Waals surface area contributed by atoms with Gasteiger partial charge in [-0.25, -0.2) is 15.0 Å². The van der Waals surface area contributed by atoms with Gasteiger partial charge in [0, 0.05) is 18.5 Å². The van der Waals surface area contributed by atoms with Crippen LogP contribution in [0.3, 0.4) is 0 Å². The first-order valence-electron chi connectivity index (χ1n) is 7.12. The van der Waals surface area contributed by atoms with E-state index < -0.39 is 0 Å². The van der Waals surface area contributed by atoms with E-state index in [4.69, 9.17) is 0 Å². The molecule has 3 aromatic rings. The average Bonchev–Trinajstić information content (AvgIpc) is 2.91. The van der Waals surface area contributed by atoms with Gasteiger partial charge in [-0.05, 0) is 19.9 Å². The summed E-state index contributed by atoms with van der Waals surface area (Å²) in [5, 5.41) is 2.83. The van der Waals surface area contributed by atoms with Crippen molar-refractivity contribution in [1.29, 1.82) is 0 Å². The van der Waals surface area contributed by atoms with Crippen LogP contribution in [0.5, 0.6) is 0 Å². The summed E-state index contributed by atoms with van der Waals surface area (Å²) in [6.45, 7) is 5.64. The summed E-state index contributed by atoms with van der Waals surface area (Å²) in [4.78, 5) is 24.6. The van der Waals surface area contributed by atoms with Gasteiger partial charge < -0.3 is 9.88 Å². The normalized spacial score (nSPS) is 11.1. The maximum atomic E-state index is 11.4. The van der Waals surface area contributed by atoms with Crippen molar-refractivity contribution in [2.24, 2.45) is 0 Å². The van der Waals surface area contributed by atoms with Crippen LogP contribution in [-0.2, 0) is 4.79 Å². The molecule has 0 saturated carbocycles. The van der Waals surface area contributed by atoms with E-state index >= 15 is 0 Å². The lowest BCUT2D eigenvalue weighted by atomic mass is 10.1. The van der Waals surface area contributed by atoms with Crippen molar-refractivity contribution in [3.8, 4) is 11.3 Å². The Balaban J connectivity index is 2.21. The van der Waals surface area contributed by atoms with E-state index in [1.165, 1.54) is 13.3 Å². The fraction of sp³-hybridized carbons (Fsp3) is 0.250. The van der Waals surface area contributed by atoms with Crippen LogP contribution in [0, 0.1) is 0 Å². The summed E-state index contributed by atoms with van der Waals surface area (Å²) >= 11 is 0. The highest BCUT2D eigenvalue weighted by molar-refractivity contribution is 5.97. The van der Waals surface area contributed by atoms with Crippen LogP contribution in [0.1, 0.15) is 26.8 Å². The summed E-state index contributed by atoms with van der Waals surface area (Å²) in [6, 6.07) is 7.82. The Morgan fingerprint density at radius 3 is 2.68 bits per heavy atom. The number of amides is 1. The molecular formula is C16H17N5O. The van der Waals surface area contributed by atoms with E-state index in [1.807, 2.05) is 28.8 Å². The van der Waals surface area contributed by atoms with Gasteiger partial charge in [0.2, 0.25) is 5.91 Å². The zero-order chi connectivity index (χ0) is 15.7. The quantitative estimate of drug-likeness (QED) is 0.806. The molecule has 0 aliphatic heterocycles. The summed E-state index contributed by atoms with van der Waals surface area (Å²) in [6.07, 6.45) is 3.30. The molecule has 6 nitrogen and oxygen atoms in total. The molecule has 0 aliphatic carbocycles. The second kappa shape index (κ2) is 5.55. The standard InChI is InChI=1S/C16H17N5O/c1-10(2)21-9-19-15-14(17-8-18-16(15)21)12-6-4-5-7-13(12)20-11(3)22/h4-10H,1-3H3,(H,20,22). The molecule has 0 fully saturated rings. The minimum atomic E-state index is -0.120. The molecule has 0 unspecified atom stereocenters. The van der Waals surface area contributed by atoms with E-state index in [0.29, 0.717) is 11.4 Å². The number of fused-ring (bicyclic) bond motifs is 1. The third-order valence-electron chi connectivity index (χ3n) is 3.41. The molecule has 0 spiro atoms. The lowest BCUT2D eigenvalue weighted by molar-refractivity contribution is -0.114. The summed E-state index contributed by atoms with van der Waals surface area (Å²) in [7, 11) is 0. The number of benzene rings is 1. The number of carbonyl (C=O) groups is 1. The van der Waals surface area contributed by atoms with E-state index in [-0.39, 0.29) is 11.9 Å². The molecule has 1 N–H and O–H groups in total. The molecule has 0 radical (unpaired) electrons. The fourth-order valence-electron chi connectivity index (χ4n) is 2.42. The predicted molar refractivity (Wildman–Crippen MR) is 85.4 cm³/mol. The summed E-state index contributed by atoms with van der Waals surface area (Å²) in [5.74, 6) is -0.120. The molecule has 1 aromatic carbocycles. The number of nitrogens with one attached hydrogen (secondary N) is 1. The number of aromatic nitrogens is 4.